The van der Waals surface area contributed by atoms with Crippen molar-refractivity contribution in [3.8, 4) is 5.75 Å². The van der Waals surface area contributed by atoms with E-state index in [4.69, 9.17) is 4.74 Å². The first kappa shape index (κ1) is 20.2. The zero-order valence-electron chi connectivity index (χ0n) is 15.4. The van der Waals surface area contributed by atoms with Gasteiger partial charge < -0.3 is 15.4 Å². The largest absolute Gasteiger partial charge is 0.496 e. The molecule has 0 spiro atoms. The number of ether oxygens (including phenoxy) is 1. The molecular formula is C17H25N3O5S. The first-order chi connectivity index (χ1) is 12.2. The molecule has 9 heteroatoms. The second-order valence-electron chi connectivity index (χ2n) is 6.41. The fourth-order valence-electron chi connectivity index (χ4n) is 2.91. The van der Waals surface area contributed by atoms with Crippen LogP contribution in [0.1, 0.15) is 37.0 Å². The minimum atomic E-state index is -3.85. The lowest BCUT2D eigenvalue weighted by Gasteiger charge is -2.28. The molecule has 1 saturated heterocycles. The molecule has 144 valence electrons. The lowest BCUT2D eigenvalue weighted by Crippen LogP contribution is -2.45. The SMILES string of the molecule is CNC(=O)c1cc(S(=O)(=O)N(CC2CCC(=O)N2)C(C)C)ccc1OC. The van der Waals surface area contributed by atoms with E-state index >= 15 is 0 Å². The van der Waals surface area contributed by atoms with Crippen molar-refractivity contribution in [1.82, 2.24) is 14.9 Å². The molecule has 1 aliphatic heterocycles. The van der Waals surface area contributed by atoms with E-state index < -0.39 is 15.9 Å². The Hall–Kier alpha value is -2.13. The maximum atomic E-state index is 13.1. The van der Waals surface area contributed by atoms with Crippen molar-refractivity contribution < 1.29 is 22.7 Å². The topological polar surface area (TPSA) is 105 Å². The van der Waals surface area contributed by atoms with Gasteiger partial charge in [0.15, 0.2) is 0 Å². The maximum absolute atomic E-state index is 13.1. The summed E-state index contributed by atoms with van der Waals surface area (Å²) in [4.78, 5) is 23.5. The normalized spacial score (nSPS) is 17.5. The van der Waals surface area contributed by atoms with E-state index in [-0.39, 0.29) is 35.0 Å². The highest BCUT2D eigenvalue weighted by Gasteiger charge is 2.32. The number of rotatable bonds is 7. The number of hydrogen-bond acceptors (Lipinski definition) is 5. The van der Waals surface area contributed by atoms with Crippen LogP contribution >= 0.6 is 0 Å². The molecule has 2 rings (SSSR count). The summed E-state index contributed by atoms with van der Waals surface area (Å²) >= 11 is 0. The van der Waals surface area contributed by atoms with Gasteiger partial charge in [-0.1, -0.05) is 0 Å². The first-order valence-corrected chi connectivity index (χ1v) is 9.86. The van der Waals surface area contributed by atoms with Gasteiger partial charge in [0.1, 0.15) is 5.75 Å². The lowest BCUT2D eigenvalue weighted by molar-refractivity contribution is -0.119. The second-order valence-corrected chi connectivity index (χ2v) is 8.30. The Balaban J connectivity index is 2.39. The van der Waals surface area contributed by atoms with E-state index in [2.05, 4.69) is 10.6 Å². The fourth-order valence-corrected chi connectivity index (χ4v) is 4.62. The molecule has 1 aromatic rings. The average Bonchev–Trinajstić information content (AvgIpc) is 3.03. The van der Waals surface area contributed by atoms with Gasteiger partial charge in [-0.3, -0.25) is 9.59 Å². The Morgan fingerprint density at radius 1 is 1.42 bits per heavy atom. The van der Waals surface area contributed by atoms with Gasteiger partial charge in [0.05, 0.1) is 17.6 Å². The molecule has 26 heavy (non-hydrogen) atoms. The van der Waals surface area contributed by atoms with Crippen LogP contribution in [0, 0.1) is 0 Å². The van der Waals surface area contributed by atoms with Gasteiger partial charge in [-0.2, -0.15) is 4.31 Å². The van der Waals surface area contributed by atoms with Gasteiger partial charge in [-0.15, -0.1) is 0 Å². The van der Waals surface area contributed by atoms with E-state index in [1.54, 1.807) is 13.8 Å². The molecule has 0 radical (unpaired) electrons. The van der Waals surface area contributed by atoms with Crippen LogP contribution in [0.5, 0.6) is 5.75 Å². The standard InChI is InChI=1S/C17H25N3O5S/c1-11(2)20(10-12-5-8-16(21)19-12)26(23,24)13-6-7-15(25-4)14(9-13)17(22)18-3/h6-7,9,11-12H,5,8,10H2,1-4H3,(H,18,22)(H,19,21). The monoisotopic (exact) mass is 383 g/mol. The molecule has 1 fully saturated rings. The zero-order valence-corrected chi connectivity index (χ0v) is 16.2. The number of nitrogens with zero attached hydrogens (tertiary/aromatic N) is 1. The van der Waals surface area contributed by atoms with Gasteiger partial charge in [0, 0.05) is 32.1 Å². The van der Waals surface area contributed by atoms with Crippen LogP contribution in [0.4, 0.5) is 0 Å². The van der Waals surface area contributed by atoms with Crippen LogP contribution in [0.25, 0.3) is 0 Å². The summed E-state index contributed by atoms with van der Waals surface area (Å²) in [6.07, 6.45) is 1.00. The molecule has 2 amide bonds. The Kier molecular flexibility index (Phi) is 6.25. The molecule has 1 atom stereocenters. The highest BCUT2D eigenvalue weighted by molar-refractivity contribution is 7.89. The summed E-state index contributed by atoms with van der Waals surface area (Å²) in [6, 6.07) is 3.69. The van der Waals surface area contributed by atoms with Crippen molar-refractivity contribution in [3.05, 3.63) is 23.8 Å². The van der Waals surface area contributed by atoms with Crippen molar-refractivity contribution >= 4 is 21.8 Å². The number of amides is 2. The maximum Gasteiger partial charge on any atom is 0.254 e. The summed E-state index contributed by atoms with van der Waals surface area (Å²) < 4.78 is 32.8. The predicted molar refractivity (Wildman–Crippen MR) is 96.6 cm³/mol. The van der Waals surface area contributed by atoms with Crippen molar-refractivity contribution in [2.75, 3.05) is 20.7 Å². The molecule has 1 heterocycles. The number of carbonyl (C=O) groups excluding carboxylic acids is 2. The van der Waals surface area contributed by atoms with Gasteiger partial charge in [0.25, 0.3) is 5.91 Å². The molecule has 0 aromatic heterocycles. The van der Waals surface area contributed by atoms with Crippen LogP contribution in [0.2, 0.25) is 0 Å². The van der Waals surface area contributed by atoms with Crippen LogP contribution in [-0.4, -0.2) is 57.3 Å². The molecule has 0 bridgehead atoms. The molecule has 2 N–H and O–H groups in total. The van der Waals surface area contributed by atoms with Crippen LogP contribution in [0.15, 0.2) is 23.1 Å². The summed E-state index contributed by atoms with van der Waals surface area (Å²) in [7, 11) is -0.968. The van der Waals surface area contributed by atoms with Crippen molar-refractivity contribution in [3.63, 3.8) is 0 Å². The van der Waals surface area contributed by atoms with Crippen molar-refractivity contribution in [2.45, 2.75) is 43.7 Å². The smallest absolute Gasteiger partial charge is 0.254 e. The van der Waals surface area contributed by atoms with E-state index in [1.165, 1.54) is 36.7 Å². The predicted octanol–water partition coefficient (Wildman–Crippen LogP) is 0.733. The Morgan fingerprint density at radius 3 is 2.62 bits per heavy atom. The Labute approximate surface area is 153 Å². The average molecular weight is 383 g/mol. The van der Waals surface area contributed by atoms with Gasteiger partial charge in [-0.05, 0) is 38.5 Å². The Morgan fingerprint density at radius 2 is 2.12 bits per heavy atom. The van der Waals surface area contributed by atoms with E-state index in [9.17, 15) is 18.0 Å². The van der Waals surface area contributed by atoms with Crippen LogP contribution < -0.4 is 15.4 Å². The molecule has 1 aromatic carbocycles. The quantitative estimate of drug-likeness (QED) is 0.722. The summed E-state index contributed by atoms with van der Waals surface area (Å²) in [5, 5.41) is 5.27. The number of benzene rings is 1. The summed E-state index contributed by atoms with van der Waals surface area (Å²) in [6.45, 7) is 3.74. The van der Waals surface area contributed by atoms with Crippen LogP contribution in [0.3, 0.4) is 0 Å². The molecule has 0 aliphatic carbocycles. The first-order valence-electron chi connectivity index (χ1n) is 8.42. The third-order valence-electron chi connectivity index (χ3n) is 4.31. The zero-order chi connectivity index (χ0) is 19.5. The number of nitrogens with one attached hydrogen (secondary N) is 2. The summed E-state index contributed by atoms with van der Waals surface area (Å²) in [5.74, 6) is -0.206. The lowest BCUT2D eigenvalue weighted by atomic mass is 10.2. The van der Waals surface area contributed by atoms with Crippen molar-refractivity contribution in [2.24, 2.45) is 0 Å². The molecule has 0 saturated carbocycles. The number of sulfonamides is 1. The minimum absolute atomic E-state index is 0.00919. The van der Waals surface area contributed by atoms with E-state index in [1.807, 2.05) is 0 Å². The second kappa shape index (κ2) is 8.05. The van der Waals surface area contributed by atoms with Gasteiger partial charge >= 0.3 is 0 Å². The highest BCUT2D eigenvalue weighted by Crippen LogP contribution is 2.26. The van der Waals surface area contributed by atoms with Crippen LogP contribution in [-0.2, 0) is 14.8 Å². The van der Waals surface area contributed by atoms with Crippen molar-refractivity contribution in [1.29, 1.82) is 0 Å². The molecule has 1 aliphatic rings. The van der Waals surface area contributed by atoms with Gasteiger partial charge in [0.2, 0.25) is 15.9 Å². The van der Waals surface area contributed by atoms with E-state index in [0.717, 1.165) is 0 Å². The third kappa shape index (κ3) is 4.16. The van der Waals surface area contributed by atoms with Gasteiger partial charge in [-0.25, -0.2) is 8.42 Å². The highest BCUT2D eigenvalue weighted by atomic mass is 32.2. The Bertz CT molecular complexity index is 792. The summed E-state index contributed by atoms with van der Waals surface area (Å²) in [5.41, 5.74) is 0.147. The number of carbonyl (C=O) groups is 2. The molecule has 1 unspecified atom stereocenters. The third-order valence-corrected chi connectivity index (χ3v) is 6.35. The van der Waals surface area contributed by atoms with E-state index in [0.29, 0.717) is 18.6 Å². The molecule has 8 nitrogen and oxygen atoms in total. The molecular weight excluding hydrogens is 358 g/mol. The fraction of sp³-hybridized carbons (Fsp3) is 0.529. The number of methoxy groups -OCH3 is 1. The minimum Gasteiger partial charge on any atom is -0.496 e. The number of hydrogen-bond donors (Lipinski definition) is 2.